The molecule has 1 aromatic carbocycles. The second kappa shape index (κ2) is 6.80. The summed E-state index contributed by atoms with van der Waals surface area (Å²) in [6, 6.07) is 6.66. The van der Waals surface area contributed by atoms with Crippen LogP contribution in [0.2, 0.25) is 0 Å². The van der Waals surface area contributed by atoms with Crippen molar-refractivity contribution >= 4 is 0 Å². The van der Waals surface area contributed by atoms with Crippen molar-refractivity contribution in [1.82, 2.24) is 5.32 Å². The van der Waals surface area contributed by atoms with Gasteiger partial charge in [0.05, 0.1) is 14.2 Å². The summed E-state index contributed by atoms with van der Waals surface area (Å²) in [7, 11) is 3.39. The van der Waals surface area contributed by atoms with Crippen LogP contribution in [0.25, 0.3) is 0 Å². The van der Waals surface area contributed by atoms with E-state index in [-0.39, 0.29) is 0 Å². The van der Waals surface area contributed by atoms with Crippen LogP contribution >= 0.6 is 0 Å². The van der Waals surface area contributed by atoms with E-state index in [2.05, 4.69) is 18.3 Å². The van der Waals surface area contributed by atoms with Gasteiger partial charge in [0.1, 0.15) is 11.5 Å². The van der Waals surface area contributed by atoms with Crippen molar-refractivity contribution in [3.63, 3.8) is 0 Å². The lowest BCUT2D eigenvalue weighted by Gasteiger charge is -2.30. The molecule has 0 aliphatic heterocycles. The first-order valence-electron chi connectivity index (χ1n) is 7.19. The minimum Gasteiger partial charge on any atom is -0.497 e. The molecule has 1 saturated carbocycles. The Morgan fingerprint density at radius 3 is 2.63 bits per heavy atom. The Kier molecular flexibility index (Phi) is 5.08. The minimum absolute atomic E-state index is 0.639. The first-order chi connectivity index (χ1) is 9.24. The zero-order valence-corrected chi connectivity index (χ0v) is 12.2. The third-order valence-corrected chi connectivity index (χ3v) is 4.16. The van der Waals surface area contributed by atoms with E-state index in [1.807, 2.05) is 12.1 Å². The Bertz CT molecular complexity index is 406. The maximum atomic E-state index is 5.43. The van der Waals surface area contributed by atoms with Crippen LogP contribution in [0.15, 0.2) is 18.2 Å². The van der Waals surface area contributed by atoms with Crippen LogP contribution in [-0.2, 0) is 6.54 Å². The lowest BCUT2D eigenvalue weighted by atomic mass is 9.86. The molecule has 0 aromatic heterocycles. The van der Waals surface area contributed by atoms with E-state index < -0.39 is 0 Å². The summed E-state index contributed by atoms with van der Waals surface area (Å²) < 4.78 is 10.7. The molecule has 2 rings (SSSR count). The summed E-state index contributed by atoms with van der Waals surface area (Å²) >= 11 is 0. The van der Waals surface area contributed by atoms with E-state index in [4.69, 9.17) is 9.47 Å². The monoisotopic (exact) mass is 263 g/mol. The van der Waals surface area contributed by atoms with Crippen LogP contribution in [0, 0.1) is 5.92 Å². The molecular formula is C16H25NO2. The van der Waals surface area contributed by atoms with Crippen LogP contribution < -0.4 is 14.8 Å². The van der Waals surface area contributed by atoms with Gasteiger partial charge < -0.3 is 14.8 Å². The zero-order chi connectivity index (χ0) is 13.7. The molecule has 3 nitrogen and oxygen atoms in total. The summed E-state index contributed by atoms with van der Waals surface area (Å²) in [5.74, 6) is 2.51. The molecule has 0 saturated heterocycles. The van der Waals surface area contributed by atoms with Crippen LogP contribution in [0.5, 0.6) is 11.5 Å². The van der Waals surface area contributed by atoms with Gasteiger partial charge in [-0.3, -0.25) is 0 Å². The number of ether oxygens (including phenoxy) is 2. The van der Waals surface area contributed by atoms with Gasteiger partial charge in [-0.25, -0.2) is 0 Å². The first-order valence-corrected chi connectivity index (χ1v) is 7.19. The summed E-state index contributed by atoms with van der Waals surface area (Å²) in [6.07, 6.45) is 5.37. The largest absolute Gasteiger partial charge is 0.497 e. The molecule has 19 heavy (non-hydrogen) atoms. The maximum absolute atomic E-state index is 5.43. The Morgan fingerprint density at radius 1 is 1.16 bits per heavy atom. The highest BCUT2D eigenvalue weighted by Crippen LogP contribution is 2.27. The van der Waals surface area contributed by atoms with Gasteiger partial charge in [-0.05, 0) is 24.8 Å². The van der Waals surface area contributed by atoms with Crippen LogP contribution in [0.4, 0.5) is 0 Å². The van der Waals surface area contributed by atoms with Crippen molar-refractivity contribution in [2.75, 3.05) is 14.2 Å². The number of methoxy groups -OCH3 is 2. The summed E-state index contributed by atoms with van der Waals surface area (Å²) in [5.41, 5.74) is 1.20. The van der Waals surface area contributed by atoms with Gasteiger partial charge in [-0.15, -0.1) is 0 Å². The molecule has 0 radical (unpaired) electrons. The van der Waals surface area contributed by atoms with E-state index >= 15 is 0 Å². The Morgan fingerprint density at radius 2 is 1.95 bits per heavy atom. The smallest absolute Gasteiger partial charge is 0.127 e. The Labute approximate surface area is 116 Å². The predicted molar refractivity (Wildman–Crippen MR) is 77.8 cm³/mol. The van der Waals surface area contributed by atoms with E-state index in [9.17, 15) is 0 Å². The van der Waals surface area contributed by atoms with Gasteiger partial charge in [0, 0.05) is 24.2 Å². The van der Waals surface area contributed by atoms with Crippen molar-refractivity contribution in [3.8, 4) is 11.5 Å². The quantitative estimate of drug-likeness (QED) is 0.883. The zero-order valence-electron chi connectivity index (χ0n) is 12.2. The van der Waals surface area contributed by atoms with E-state index in [0.29, 0.717) is 6.04 Å². The molecule has 1 aliphatic carbocycles. The molecule has 0 amide bonds. The highest BCUT2D eigenvalue weighted by atomic mass is 16.5. The number of nitrogens with one attached hydrogen (secondary N) is 1. The van der Waals surface area contributed by atoms with Crippen molar-refractivity contribution in [2.24, 2.45) is 5.92 Å². The summed E-state index contributed by atoms with van der Waals surface area (Å²) in [6.45, 7) is 3.21. The molecule has 106 valence electrons. The SMILES string of the molecule is COc1ccc(CN[C@@H]2CCCC[C@@H]2C)c(OC)c1. The second-order valence-electron chi connectivity index (χ2n) is 5.43. The van der Waals surface area contributed by atoms with Gasteiger partial charge in [0.2, 0.25) is 0 Å². The standard InChI is InChI=1S/C16H25NO2/c1-12-6-4-5-7-15(12)17-11-13-8-9-14(18-2)10-16(13)19-3/h8-10,12,15,17H,4-7,11H2,1-3H3/t12-,15+/m0/s1. The van der Waals surface area contributed by atoms with Crippen molar-refractivity contribution in [2.45, 2.75) is 45.2 Å². The lowest BCUT2D eigenvalue weighted by molar-refractivity contribution is 0.278. The lowest BCUT2D eigenvalue weighted by Crippen LogP contribution is -2.36. The molecule has 2 atom stereocenters. The third-order valence-electron chi connectivity index (χ3n) is 4.16. The van der Waals surface area contributed by atoms with Crippen LogP contribution in [-0.4, -0.2) is 20.3 Å². The van der Waals surface area contributed by atoms with Crippen molar-refractivity contribution < 1.29 is 9.47 Å². The van der Waals surface area contributed by atoms with E-state index in [1.54, 1.807) is 14.2 Å². The Hall–Kier alpha value is -1.22. The molecular weight excluding hydrogens is 238 g/mol. The third kappa shape index (κ3) is 3.63. The van der Waals surface area contributed by atoms with E-state index in [0.717, 1.165) is 24.0 Å². The topological polar surface area (TPSA) is 30.5 Å². The fraction of sp³-hybridized carbons (Fsp3) is 0.625. The van der Waals surface area contributed by atoms with Crippen molar-refractivity contribution in [1.29, 1.82) is 0 Å². The molecule has 3 heteroatoms. The minimum atomic E-state index is 0.639. The number of hydrogen-bond acceptors (Lipinski definition) is 3. The molecule has 1 N–H and O–H groups in total. The predicted octanol–water partition coefficient (Wildman–Crippen LogP) is 3.37. The van der Waals surface area contributed by atoms with Gasteiger partial charge in [0.25, 0.3) is 0 Å². The second-order valence-corrected chi connectivity index (χ2v) is 5.43. The summed E-state index contributed by atoms with van der Waals surface area (Å²) in [4.78, 5) is 0. The first kappa shape index (κ1) is 14.2. The molecule has 0 heterocycles. The number of rotatable bonds is 5. The van der Waals surface area contributed by atoms with E-state index in [1.165, 1.54) is 31.2 Å². The van der Waals surface area contributed by atoms with Gasteiger partial charge in [-0.2, -0.15) is 0 Å². The molecule has 1 aliphatic rings. The molecule has 0 bridgehead atoms. The van der Waals surface area contributed by atoms with Gasteiger partial charge >= 0.3 is 0 Å². The fourth-order valence-corrected chi connectivity index (χ4v) is 2.86. The van der Waals surface area contributed by atoms with Crippen molar-refractivity contribution in [3.05, 3.63) is 23.8 Å². The summed E-state index contributed by atoms with van der Waals surface area (Å²) in [5, 5.41) is 3.68. The average molecular weight is 263 g/mol. The normalized spacial score (nSPS) is 23.1. The van der Waals surface area contributed by atoms with Crippen LogP contribution in [0.3, 0.4) is 0 Å². The highest BCUT2D eigenvalue weighted by Gasteiger charge is 2.20. The molecule has 0 spiro atoms. The number of benzene rings is 1. The fourth-order valence-electron chi connectivity index (χ4n) is 2.86. The maximum Gasteiger partial charge on any atom is 0.127 e. The van der Waals surface area contributed by atoms with Crippen LogP contribution in [0.1, 0.15) is 38.2 Å². The highest BCUT2D eigenvalue weighted by molar-refractivity contribution is 5.40. The van der Waals surface area contributed by atoms with Gasteiger partial charge in [-0.1, -0.05) is 25.8 Å². The van der Waals surface area contributed by atoms with Gasteiger partial charge in [0.15, 0.2) is 0 Å². The molecule has 1 aromatic rings. The molecule has 1 fully saturated rings. The Balaban J connectivity index is 1.98. The molecule has 0 unspecified atom stereocenters. The number of hydrogen-bond donors (Lipinski definition) is 1. The average Bonchev–Trinajstić information content (AvgIpc) is 2.46.